The first-order valence-electron chi connectivity index (χ1n) is 11.2. The van der Waals surface area contributed by atoms with E-state index >= 15 is 0 Å². The molecule has 1 saturated heterocycles. The molecular weight excluding hydrogens is 420 g/mol. The van der Waals surface area contributed by atoms with Crippen molar-refractivity contribution >= 4 is 25.0 Å². The normalized spacial score (nSPS) is 20.6. The average molecular weight is 457 g/mol. The second-order valence-corrected chi connectivity index (χ2v) is 14.5. The molecule has 1 N–H and O–H groups in total. The van der Waals surface area contributed by atoms with Gasteiger partial charge in [0.25, 0.3) is 8.32 Å². The van der Waals surface area contributed by atoms with E-state index < -0.39 is 19.7 Å². The maximum atomic E-state index is 11.5. The van der Waals surface area contributed by atoms with Crippen molar-refractivity contribution in [2.45, 2.75) is 70.0 Å². The molecule has 6 heteroatoms. The first kappa shape index (κ1) is 24.8. The minimum absolute atomic E-state index is 0.0223. The number of rotatable bonds is 9. The molecule has 1 unspecified atom stereocenters. The highest BCUT2D eigenvalue weighted by atomic mass is 28.4. The van der Waals surface area contributed by atoms with E-state index in [0.717, 1.165) is 16.7 Å². The molecule has 0 aliphatic carbocycles. The van der Waals surface area contributed by atoms with Gasteiger partial charge in [0, 0.05) is 12.8 Å². The Kier molecular flexibility index (Phi) is 7.42. The maximum absolute atomic E-state index is 11.5. The van der Waals surface area contributed by atoms with Crippen molar-refractivity contribution in [1.82, 2.24) is 0 Å². The summed E-state index contributed by atoms with van der Waals surface area (Å²) in [5, 5.41) is 13.5. The van der Waals surface area contributed by atoms with Crippen molar-refractivity contribution in [3.63, 3.8) is 0 Å². The summed E-state index contributed by atoms with van der Waals surface area (Å²) in [5.74, 6) is -0.689. The highest BCUT2D eigenvalue weighted by Crippen LogP contribution is 2.38. The predicted molar refractivity (Wildman–Crippen MR) is 129 cm³/mol. The van der Waals surface area contributed by atoms with Crippen LogP contribution in [0.1, 0.15) is 47.5 Å². The van der Waals surface area contributed by atoms with Gasteiger partial charge in [-0.05, 0) is 29.3 Å². The van der Waals surface area contributed by atoms with Crippen molar-refractivity contribution in [3.05, 3.63) is 60.7 Å². The van der Waals surface area contributed by atoms with Crippen LogP contribution in [0, 0.1) is 0 Å². The third-order valence-corrected chi connectivity index (χ3v) is 11.1. The first-order valence-corrected chi connectivity index (χ1v) is 13.1. The van der Waals surface area contributed by atoms with Gasteiger partial charge in [0.2, 0.25) is 0 Å². The van der Waals surface area contributed by atoms with Gasteiger partial charge < -0.3 is 23.8 Å². The molecule has 0 radical (unpaired) electrons. The Labute approximate surface area is 192 Å². The predicted octanol–water partition coefficient (Wildman–Crippen LogP) is 3.42. The molecule has 0 bridgehead atoms. The lowest BCUT2D eigenvalue weighted by Crippen LogP contribution is -2.67. The van der Waals surface area contributed by atoms with E-state index in [9.17, 15) is 9.90 Å². The van der Waals surface area contributed by atoms with E-state index in [2.05, 4.69) is 45.0 Å². The topological polar surface area (TPSA) is 65.0 Å². The molecule has 2 aromatic carbocycles. The van der Waals surface area contributed by atoms with Crippen molar-refractivity contribution < 1.29 is 23.8 Å². The lowest BCUT2D eigenvalue weighted by molar-refractivity contribution is -0.148. The van der Waals surface area contributed by atoms with Gasteiger partial charge in [-0.3, -0.25) is 0 Å². The van der Waals surface area contributed by atoms with E-state index in [4.69, 9.17) is 13.9 Å². The van der Waals surface area contributed by atoms with Crippen LogP contribution in [0.5, 0.6) is 0 Å². The van der Waals surface area contributed by atoms with Gasteiger partial charge in [0.15, 0.2) is 5.79 Å². The molecular formula is C26H36O5Si. The van der Waals surface area contributed by atoms with E-state index in [1.165, 1.54) is 0 Å². The van der Waals surface area contributed by atoms with Crippen LogP contribution < -0.4 is 10.4 Å². The molecule has 1 aliphatic heterocycles. The largest absolute Gasteiger partial charge is 0.404 e. The Morgan fingerprint density at radius 3 is 2.00 bits per heavy atom. The van der Waals surface area contributed by atoms with E-state index in [-0.39, 0.29) is 30.6 Å². The van der Waals surface area contributed by atoms with Gasteiger partial charge >= 0.3 is 0 Å². The van der Waals surface area contributed by atoms with Crippen LogP contribution in [-0.4, -0.2) is 50.4 Å². The molecule has 0 amide bonds. The summed E-state index contributed by atoms with van der Waals surface area (Å²) >= 11 is 0. The number of aldehydes is 1. The van der Waals surface area contributed by atoms with Crippen molar-refractivity contribution in [2.24, 2.45) is 0 Å². The van der Waals surface area contributed by atoms with Gasteiger partial charge in [-0.25, -0.2) is 0 Å². The average Bonchev–Trinajstić information content (AvgIpc) is 3.07. The number of carbonyl (C=O) groups excluding carboxylic acids is 1. The number of carbonyl (C=O) groups is 1. The third-order valence-electron chi connectivity index (χ3n) is 6.11. The summed E-state index contributed by atoms with van der Waals surface area (Å²) in [7, 11) is -2.82. The first-order chi connectivity index (χ1) is 15.0. The second-order valence-electron chi connectivity index (χ2n) is 10.2. The summed E-state index contributed by atoms with van der Waals surface area (Å²) < 4.78 is 18.5. The lowest BCUT2D eigenvalue weighted by atomic mass is 9.94. The van der Waals surface area contributed by atoms with Gasteiger partial charge in [-0.2, -0.15) is 0 Å². The van der Waals surface area contributed by atoms with Gasteiger partial charge in [-0.1, -0.05) is 81.4 Å². The summed E-state index contributed by atoms with van der Waals surface area (Å²) in [5.41, 5.74) is -1.34. The Balaban J connectivity index is 1.97. The fourth-order valence-corrected chi connectivity index (χ4v) is 9.29. The number of hydrogen-bond donors (Lipinski definition) is 1. The maximum Gasteiger partial charge on any atom is 0.261 e. The van der Waals surface area contributed by atoms with Crippen LogP contribution in [0.2, 0.25) is 5.04 Å². The summed E-state index contributed by atoms with van der Waals surface area (Å²) in [6, 6.07) is 20.5. The highest BCUT2D eigenvalue weighted by Gasteiger charge is 2.51. The zero-order valence-corrected chi connectivity index (χ0v) is 20.8. The van der Waals surface area contributed by atoms with Crippen LogP contribution in [0.4, 0.5) is 0 Å². The summed E-state index contributed by atoms with van der Waals surface area (Å²) in [4.78, 5) is 11.5. The molecule has 2 aromatic rings. The van der Waals surface area contributed by atoms with E-state index in [0.29, 0.717) is 6.61 Å². The molecule has 1 aliphatic rings. The molecule has 1 heterocycles. The Morgan fingerprint density at radius 2 is 1.59 bits per heavy atom. The minimum Gasteiger partial charge on any atom is -0.404 e. The Bertz CT molecular complexity index is 839. The van der Waals surface area contributed by atoms with Gasteiger partial charge in [0.05, 0.1) is 24.9 Å². The quantitative estimate of drug-likeness (QED) is 0.463. The highest BCUT2D eigenvalue weighted by molar-refractivity contribution is 6.99. The Hall–Kier alpha value is -1.83. The van der Waals surface area contributed by atoms with E-state index in [1.54, 1.807) is 0 Å². The molecule has 0 spiro atoms. The number of hydrogen-bond acceptors (Lipinski definition) is 5. The molecule has 1 fully saturated rings. The molecule has 174 valence electrons. The molecule has 3 rings (SSSR count). The Morgan fingerprint density at radius 1 is 1.06 bits per heavy atom. The van der Waals surface area contributed by atoms with Crippen molar-refractivity contribution in [1.29, 1.82) is 0 Å². The van der Waals surface area contributed by atoms with Crippen LogP contribution >= 0.6 is 0 Å². The summed E-state index contributed by atoms with van der Waals surface area (Å²) in [6.45, 7) is 10.7. The minimum atomic E-state index is -2.82. The molecule has 5 nitrogen and oxygen atoms in total. The van der Waals surface area contributed by atoms with E-state index in [1.807, 2.05) is 50.2 Å². The zero-order valence-electron chi connectivity index (χ0n) is 19.8. The number of benzene rings is 2. The molecule has 32 heavy (non-hydrogen) atoms. The lowest BCUT2D eigenvalue weighted by Gasteiger charge is -2.45. The van der Waals surface area contributed by atoms with Crippen molar-refractivity contribution in [3.8, 4) is 0 Å². The van der Waals surface area contributed by atoms with Crippen LogP contribution in [-0.2, 0) is 18.7 Å². The second kappa shape index (κ2) is 9.57. The van der Waals surface area contributed by atoms with Crippen LogP contribution in [0.3, 0.4) is 0 Å². The van der Waals surface area contributed by atoms with Crippen molar-refractivity contribution in [2.75, 3.05) is 13.2 Å². The summed E-state index contributed by atoms with van der Waals surface area (Å²) in [6.07, 6.45) is 0.715. The SMILES string of the molecule is CC1(C)OC[C@@H](CC(O)(CC=O)CO[Si](c2ccccc2)(c2ccccc2)C(C)(C)C)O1. The van der Waals surface area contributed by atoms with Crippen LogP contribution in [0.15, 0.2) is 60.7 Å². The molecule has 0 aromatic heterocycles. The third kappa shape index (κ3) is 5.38. The fourth-order valence-electron chi connectivity index (χ4n) is 4.65. The zero-order chi connectivity index (χ0) is 23.5. The number of aliphatic hydroxyl groups is 1. The smallest absolute Gasteiger partial charge is 0.261 e. The molecule has 0 saturated carbocycles. The standard InChI is InChI=1S/C26H36O5Si/c1-24(2,3)32(22-12-8-6-9-13-22,23-14-10-7-11-15-23)30-20-26(28,16-17-27)18-21-19-29-25(4,5)31-21/h6-15,17,21,28H,16,18-20H2,1-5H3/t21-,26?/m1/s1. The number of ether oxygens (including phenoxy) is 2. The monoisotopic (exact) mass is 456 g/mol. The molecule has 2 atom stereocenters. The fraction of sp³-hybridized carbons (Fsp3) is 0.500. The van der Waals surface area contributed by atoms with Gasteiger partial charge in [0.1, 0.15) is 6.29 Å². The van der Waals surface area contributed by atoms with Crippen LogP contribution in [0.25, 0.3) is 0 Å². The van der Waals surface area contributed by atoms with Gasteiger partial charge in [-0.15, -0.1) is 0 Å².